The minimum absolute atomic E-state index is 0.0763. The lowest BCUT2D eigenvalue weighted by Crippen LogP contribution is -2.09. The summed E-state index contributed by atoms with van der Waals surface area (Å²) in [6, 6.07) is 7.62. The van der Waals surface area contributed by atoms with Crippen LogP contribution >= 0.6 is 0 Å². The summed E-state index contributed by atoms with van der Waals surface area (Å²) in [5, 5.41) is 3.58. The number of rotatable bonds is 5. The summed E-state index contributed by atoms with van der Waals surface area (Å²) in [7, 11) is 0. The lowest BCUT2D eigenvalue weighted by atomic mass is 10.1. The van der Waals surface area contributed by atoms with Gasteiger partial charge >= 0.3 is 6.18 Å². The van der Waals surface area contributed by atoms with Crippen molar-refractivity contribution in [2.24, 2.45) is 0 Å². The number of hydrogen-bond donors (Lipinski definition) is 0. The van der Waals surface area contributed by atoms with Gasteiger partial charge in [0, 0.05) is 24.5 Å². The first-order valence-electron chi connectivity index (χ1n) is 6.95. The molecule has 0 saturated carbocycles. The van der Waals surface area contributed by atoms with E-state index < -0.39 is 12.6 Å². The molecular formula is C15H13F3N4O. The highest BCUT2D eigenvalue weighted by molar-refractivity contribution is 5.35. The zero-order chi connectivity index (χ0) is 16.3. The van der Waals surface area contributed by atoms with Crippen molar-refractivity contribution in [3.8, 4) is 5.69 Å². The predicted molar refractivity (Wildman–Crippen MR) is 75.0 cm³/mol. The van der Waals surface area contributed by atoms with Gasteiger partial charge < -0.3 is 9.09 Å². The average molecular weight is 322 g/mol. The van der Waals surface area contributed by atoms with E-state index in [1.54, 1.807) is 12.5 Å². The monoisotopic (exact) mass is 322 g/mol. The average Bonchev–Trinajstić information content (AvgIpc) is 3.17. The minimum Gasteiger partial charge on any atom is -0.339 e. The maximum Gasteiger partial charge on any atom is 0.389 e. The summed E-state index contributed by atoms with van der Waals surface area (Å²) < 4.78 is 43.3. The Labute approximate surface area is 129 Å². The summed E-state index contributed by atoms with van der Waals surface area (Å²) in [5.41, 5.74) is 1.89. The Kier molecular flexibility index (Phi) is 4.14. The minimum atomic E-state index is -4.22. The van der Waals surface area contributed by atoms with Crippen LogP contribution in [0.5, 0.6) is 0 Å². The van der Waals surface area contributed by atoms with E-state index in [4.69, 9.17) is 4.52 Å². The molecule has 0 fully saturated rings. The number of benzene rings is 1. The molecule has 0 radical (unpaired) electrons. The van der Waals surface area contributed by atoms with Gasteiger partial charge in [0.05, 0.1) is 19.2 Å². The van der Waals surface area contributed by atoms with Gasteiger partial charge in [-0.3, -0.25) is 0 Å². The largest absolute Gasteiger partial charge is 0.389 e. The third-order valence-corrected chi connectivity index (χ3v) is 3.24. The maximum atomic E-state index is 12.2. The van der Waals surface area contributed by atoms with Crippen LogP contribution in [0.15, 0.2) is 47.5 Å². The van der Waals surface area contributed by atoms with Crippen molar-refractivity contribution >= 4 is 0 Å². The third kappa shape index (κ3) is 4.18. The number of halogens is 3. The maximum absolute atomic E-state index is 12.2. The fourth-order valence-corrected chi connectivity index (χ4v) is 2.09. The van der Waals surface area contributed by atoms with Crippen LogP contribution in [-0.2, 0) is 12.8 Å². The molecule has 0 aliphatic carbocycles. The molecule has 1 aromatic carbocycles. The first-order valence-corrected chi connectivity index (χ1v) is 6.95. The lowest BCUT2D eigenvalue weighted by molar-refractivity contribution is -0.134. The highest BCUT2D eigenvalue weighted by Crippen LogP contribution is 2.21. The van der Waals surface area contributed by atoms with E-state index in [-0.39, 0.29) is 12.2 Å². The fraction of sp³-hybridized carbons (Fsp3) is 0.267. The van der Waals surface area contributed by atoms with Gasteiger partial charge in [-0.25, -0.2) is 4.98 Å². The molecule has 0 aliphatic heterocycles. The lowest BCUT2D eigenvalue weighted by Gasteiger charge is -2.03. The van der Waals surface area contributed by atoms with Crippen molar-refractivity contribution < 1.29 is 17.7 Å². The van der Waals surface area contributed by atoms with E-state index in [0.717, 1.165) is 11.3 Å². The highest BCUT2D eigenvalue weighted by Gasteiger charge is 2.27. The van der Waals surface area contributed by atoms with E-state index in [2.05, 4.69) is 15.1 Å². The van der Waals surface area contributed by atoms with Gasteiger partial charge in [-0.05, 0) is 17.7 Å². The van der Waals surface area contributed by atoms with Crippen LogP contribution in [0.1, 0.15) is 23.7 Å². The van der Waals surface area contributed by atoms with Gasteiger partial charge in [-0.1, -0.05) is 17.3 Å². The third-order valence-electron chi connectivity index (χ3n) is 3.24. The molecule has 0 unspecified atom stereocenters. The van der Waals surface area contributed by atoms with Gasteiger partial charge in [0.25, 0.3) is 0 Å². The van der Waals surface area contributed by atoms with E-state index in [1.807, 2.05) is 35.0 Å². The summed E-state index contributed by atoms with van der Waals surface area (Å²) in [4.78, 5) is 7.96. The predicted octanol–water partition coefficient (Wildman–Crippen LogP) is 3.34. The SMILES string of the molecule is FC(F)(F)CCc1noc(Cc2ccc(-n3ccnc3)cc2)n1. The second kappa shape index (κ2) is 6.23. The molecule has 3 rings (SSSR count). The normalized spacial score (nSPS) is 11.8. The molecule has 0 saturated heterocycles. The standard InChI is InChI=1S/C15H13F3N4O/c16-15(17,18)6-5-13-20-14(23-21-13)9-11-1-3-12(4-2-11)22-8-7-19-10-22/h1-4,7-8,10H,5-6,9H2. The van der Waals surface area contributed by atoms with Crippen molar-refractivity contribution in [1.29, 1.82) is 0 Å². The molecule has 0 atom stereocenters. The number of imidazole rings is 1. The first-order chi connectivity index (χ1) is 11.0. The van der Waals surface area contributed by atoms with E-state index in [0.29, 0.717) is 12.3 Å². The Morgan fingerprint density at radius 2 is 1.91 bits per heavy atom. The number of hydrogen-bond acceptors (Lipinski definition) is 4. The number of aromatic nitrogens is 4. The Bertz CT molecular complexity index is 748. The molecule has 23 heavy (non-hydrogen) atoms. The van der Waals surface area contributed by atoms with Crippen molar-refractivity contribution in [3.05, 3.63) is 60.3 Å². The Hall–Kier alpha value is -2.64. The molecule has 2 aromatic heterocycles. The smallest absolute Gasteiger partial charge is 0.339 e. The summed E-state index contributed by atoms with van der Waals surface area (Å²) >= 11 is 0. The summed E-state index contributed by atoms with van der Waals surface area (Å²) in [6.45, 7) is 0. The van der Waals surface area contributed by atoms with Crippen molar-refractivity contribution in [2.75, 3.05) is 0 Å². The topological polar surface area (TPSA) is 56.7 Å². The number of aryl methyl sites for hydroxylation is 1. The molecule has 0 bridgehead atoms. The Morgan fingerprint density at radius 3 is 2.57 bits per heavy atom. The molecule has 3 aromatic rings. The van der Waals surface area contributed by atoms with Crippen LogP contribution in [0.4, 0.5) is 13.2 Å². The molecule has 120 valence electrons. The zero-order valence-electron chi connectivity index (χ0n) is 12.0. The zero-order valence-corrected chi connectivity index (χ0v) is 12.0. The van der Waals surface area contributed by atoms with Crippen LogP contribution in [0, 0.1) is 0 Å². The van der Waals surface area contributed by atoms with E-state index in [1.165, 1.54) is 0 Å². The van der Waals surface area contributed by atoms with Crippen LogP contribution in [-0.4, -0.2) is 25.9 Å². The second-order valence-electron chi connectivity index (χ2n) is 5.03. The number of nitrogens with zero attached hydrogens (tertiary/aromatic N) is 4. The molecule has 0 spiro atoms. The quantitative estimate of drug-likeness (QED) is 0.723. The summed E-state index contributed by atoms with van der Waals surface area (Å²) in [5.74, 6) is 0.380. The van der Waals surface area contributed by atoms with Gasteiger partial charge in [0.15, 0.2) is 5.82 Å². The molecule has 0 aliphatic rings. The van der Waals surface area contributed by atoms with Crippen molar-refractivity contribution in [1.82, 2.24) is 19.7 Å². The van der Waals surface area contributed by atoms with Crippen LogP contribution in [0.3, 0.4) is 0 Å². The summed E-state index contributed by atoms with van der Waals surface area (Å²) in [6.07, 6.45) is 0.153. The number of alkyl halides is 3. The van der Waals surface area contributed by atoms with E-state index in [9.17, 15) is 13.2 Å². The molecule has 8 heteroatoms. The van der Waals surface area contributed by atoms with Crippen molar-refractivity contribution in [3.63, 3.8) is 0 Å². The molecule has 2 heterocycles. The Balaban J connectivity index is 1.62. The van der Waals surface area contributed by atoms with Crippen LogP contribution in [0.2, 0.25) is 0 Å². The van der Waals surface area contributed by atoms with Gasteiger partial charge in [0.2, 0.25) is 5.89 Å². The first kappa shape index (κ1) is 15.3. The van der Waals surface area contributed by atoms with Gasteiger partial charge in [0.1, 0.15) is 0 Å². The molecule has 0 amide bonds. The highest BCUT2D eigenvalue weighted by atomic mass is 19.4. The van der Waals surface area contributed by atoms with Crippen LogP contribution in [0.25, 0.3) is 5.69 Å². The molecule has 0 N–H and O–H groups in total. The molecule has 5 nitrogen and oxygen atoms in total. The Morgan fingerprint density at radius 1 is 1.13 bits per heavy atom. The fourth-order valence-electron chi connectivity index (χ4n) is 2.09. The van der Waals surface area contributed by atoms with Crippen LogP contribution < -0.4 is 0 Å². The van der Waals surface area contributed by atoms with Gasteiger partial charge in [-0.15, -0.1) is 0 Å². The van der Waals surface area contributed by atoms with E-state index >= 15 is 0 Å². The van der Waals surface area contributed by atoms with Crippen molar-refractivity contribution in [2.45, 2.75) is 25.4 Å². The van der Waals surface area contributed by atoms with Gasteiger partial charge in [-0.2, -0.15) is 18.2 Å². The second-order valence-corrected chi connectivity index (χ2v) is 5.03. The molecular weight excluding hydrogens is 309 g/mol.